The van der Waals surface area contributed by atoms with Gasteiger partial charge in [0.2, 0.25) is 0 Å². The van der Waals surface area contributed by atoms with Crippen LogP contribution in [-0.4, -0.2) is 50.9 Å². The number of piperazine rings is 1. The fourth-order valence-corrected chi connectivity index (χ4v) is 4.14. The van der Waals surface area contributed by atoms with Crippen molar-refractivity contribution in [3.63, 3.8) is 0 Å². The van der Waals surface area contributed by atoms with Crippen molar-refractivity contribution >= 4 is 23.2 Å². The Morgan fingerprint density at radius 3 is 2.73 bits per heavy atom. The van der Waals surface area contributed by atoms with E-state index >= 15 is 0 Å². The highest BCUT2D eigenvalue weighted by atomic mass is 32.1. The molecule has 2 N–H and O–H groups in total. The summed E-state index contributed by atoms with van der Waals surface area (Å²) in [5, 5.41) is 24.9. The van der Waals surface area contributed by atoms with Gasteiger partial charge in [0, 0.05) is 18.3 Å². The Morgan fingerprint density at radius 1 is 1.31 bits per heavy atom. The first-order valence-corrected chi connectivity index (χ1v) is 9.57. The number of benzene rings is 1. The van der Waals surface area contributed by atoms with Gasteiger partial charge in [0.15, 0.2) is 0 Å². The Kier molecular flexibility index (Phi) is 5.97. The van der Waals surface area contributed by atoms with E-state index in [1.54, 1.807) is 16.2 Å². The summed E-state index contributed by atoms with van der Waals surface area (Å²) in [5.74, 6) is -0.248. The number of nitro benzene ring substituents is 1. The molecule has 3 rings (SSSR count). The third-order valence-electron chi connectivity index (χ3n) is 4.85. The Labute approximate surface area is 156 Å². The first kappa shape index (κ1) is 18.5. The van der Waals surface area contributed by atoms with E-state index in [9.17, 15) is 15.2 Å². The third kappa shape index (κ3) is 4.46. The second kappa shape index (κ2) is 8.39. The number of nitrogens with one attached hydrogen (secondary N) is 2. The van der Waals surface area contributed by atoms with E-state index in [2.05, 4.69) is 23.5 Å². The smallest absolute Gasteiger partial charge is 0.270 e. The molecule has 1 saturated heterocycles. The van der Waals surface area contributed by atoms with E-state index in [0.717, 1.165) is 26.2 Å². The quantitative estimate of drug-likeness (QED) is 0.398. The first-order valence-electron chi connectivity index (χ1n) is 8.69. The summed E-state index contributed by atoms with van der Waals surface area (Å²) in [5.41, 5.74) is 0.176. The van der Waals surface area contributed by atoms with Crippen LogP contribution in [-0.2, 0) is 0 Å². The maximum atomic E-state index is 11.9. The van der Waals surface area contributed by atoms with Gasteiger partial charge in [-0.05, 0) is 17.0 Å². The zero-order chi connectivity index (χ0) is 18.5. The summed E-state index contributed by atoms with van der Waals surface area (Å²) in [6, 6.07) is 8.18. The van der Waals surface area contributed by atoms with Crippen LogP contribution in [0.15, 0.2) is 40.7 Å². The Morgan fingerprint density at radius 2 is 2.08 bits per heavy atom. The van der Waals surface area contributed by atoms with Crippen LogP contribution in [0.25, 0.3) is 0 Å². The van der Waals surface area contributed by atoms with Crippen LogP contribution in [0.1, 0.15) is 16.5 Å². The second-order valence-electron chi connectivity index (χ2n) is 6.66. The van der Waals surface area contributed by atoms with Gasteiger partial charge in [-0.25, -0.2) is 0 Å². The lowest BCUT2D eigenvalue weighted by Gasteiger charge is -2.32. The molecule has 0 spiro atoms. The number of nitro groups is 1. The van der Waals surface area contributed by atoms with Gasteiger partial charge in [-0.2, -0.15) is 0 Å². The van der Waals surface area contributed by atoms with E-state index in [1.165, 1.54) is 34.2 Å². The normalized spacial score (nSPS) is 21.7. The maximum Gasteiger partial charge on any atom is 0.270 e. The van der Waals surface area contributed by atoms with E-state index in [1.807, 2.05) is 6.07 Å². The monoisotopic (exact) mass is 375 g/mol. The molecular weight excluding hydrogens is 352 g/mol. The van der Waals surface area contributed by atoms with Crippen LogP contribution in [0.3, 0.4) is 0 Å². The van der Waals surface area contributed by atoms with Crippen molar-refractivity contribution in [3.8, 4) is 5.75 Å². The molecule has 1 aromatic carbocycles. The van der Waals surface area contributed by atoms with Gasteiger partial charge in [-0.15, -0.1) is 11.3 Å². The van der Waals surface area contributed by atoms with Crippen molar-refractivity contribution in [1.29, 1.82) is 0 Å². The molecule has 1 aromatic heterocycles. The summed E-state index contributed by atoms with van der Waals surface area (Å²) in [6.07, 6.45) is 1.48. The summed E-state index contributed by atoms with van der Waals surface area (Å²) >= 11 is 1.73. The number of rotatable bonds is 6. The van der Waals surface area contributed by atoms with Crippen molar-refractivity contribution in [2.24, 2.45) is 4.99 Å². The van der Waals surface area contributed by atoms with Crippen molar-refractivity contribution in [2.45, 2.75) is 6.04 Å². The van der Waals surface area contributed by atoms with Crippen LogP contribution in [0.2, 0.25) is 0 Å². The van der Waals surface area contributed by atoms with Crippen LogP contribution < -0.4 is 14.9 Å². The van der Waals surface area contributed by atoms with Gasteiger partial charge in [-0.3, -0.25) is 15.1 Å². The highest BCUT2D eigenvalue weighted by molar-refractivity contribution is 7.10. The van der Waals surface area contributed by atoms with Gasteiger partial charge in [0.1, 0.15) is 32.2 Å². The van der Waals surface area contributed by atoms with E-state index in [4.69, 9.17) is 0 Å². The Hall–Kier alpha value is -2.29. The first-order chi connectivity index (χ1) is 12.5. The number of nitrogens with zero attached hydrogens (tertiary/aromatic N) is 2. The van der Waals surface area contributed by atoms with E-state index in [0.29, 0.717) is 6.54 Å². The van der Waals surface area contributed by atoms with Crippen LogP contribution >= 0.6 is 11.3 Å². The molecule has 0 amide bonds. The molecule has 0 radical (unpaired) electrons. The fourth-order valence-electron chi connectivity index (χ4n) is 3.26. The molecule has 1 aliphatic heterocycles. The number of hydrogen-bond acceptors (Lipinski definition) is 5. The Bertz CT molecular complexity index is 771. The van der Waals surface area contributed by atoms with E-state index in [-0.39, 0.29) is 23.0 Å². The number of aliphatic imine (C=N–C) groups is 1. The highest BCUT2D eigenvalue weighted by Crippen LogP contribution is 2.20. The van der Waals surface area contributed by atoms with Crippen LogP contribution in [0.5, 0.6) is 5.75 Å². The molecule has 2 heterocycles. The Balaban J connectivity index is 1.75. The number of non-ortho nitro benzene ring substituents is 1. The molecule has 0 unspecified atom stereocenters. The summed E-state index contributed by atoms with van der Waals surface area (Å²) in [7, 11) is 2.22. The lowest BCUT2D eigenvalue weighted by atomic mass is 10.1. The third-order valence-corrected chi connectivity index (χ3v) is 5.83. The van der Waals surface area contributed by atoms with Crippen molar-refractivity contribution in [1.82, 2.24) is 0 Å². The van der Waals surface area contributed by atoms with Crippen molar-refractivity contribution in [2.75, 3.05) is 39.8 Å². The average Bonchev–Trinajstić information content (AvgIpc) is 3.15. The predicted molar refractivity (Wildman–Crippen MR) is 99.4 cm³/mol. The van der Waals surface area contributed by atoms with Crippen LogP contribution in [0.4, 0.5) is 5.69 Å². The van der Waals surface area contributed by atoms with Gasteiger partial charge in [0.05, 0.1) is 23.4 Å². The minimum absolute atomic E-state index is 0.0893. The fraction of sp³-hybridized carbons (Fsp3) is 0.389. The largest absolute Gasteiger partial charge is 0.872 e. The lowest BCUT2D eigenvalue weighted by Crippen LogP contribution is -3.27. The topological polar surface area (TPSA) is 87.4 Å². The van der Waals surface area contributed by atoms with Crippen molar-refractivity contribution < 1.29 is 19.8 Å². The van der Waals surface area contributed by atoms with Gasteiger partial charge >= 0.3 is 0 Å². The highest BCUT2D eigenvalue weighted by Gasteiger charge is 2.29. The zero-order valence-corrected chi connectivity index (χ0v) is 15.5. The molecule has 26 heavy (non-hydrogen) atoms. The predicted octanol–water partition coefficient (Wildman–Crippen LogP) is -0.697. The molecule has 0 saturated carbocycles. The van der Waals surface area contributed by atoms with E-state index < -0.39 is 4.92 Å². The second-order valence-corrected chi connectivity index (χ2v) is 7.64. The van der Waals surface area contributed by atoms with Gasteiger partial charge < -0.3 is 14.9 Å². The molecule has 1 aliphatic rings. The molecular formula is C18H23N4O3S+. The van der Waals surface area contributed by atoms with Gasteiger partial charge in [0.25, 0.3) is 5.69 Å². The summed E-state index contributed by atoms with van der Waals surface area (Å²) < 4.78 is 0. The van der Waals surface area contributed by atoms with Gasteiger partial charge in [-0.1, -0.05) is 17.9 Å². The maximum absolute atomic E-state index is 11.9. The number of quaternary nitrogens is 2. The molecule has 1 atom stereocenters. The minimum atomic E-state index is -0.498. The zero-order valence-electron chi connectivity index (χ0n) is 14.7. The molecule has 8 heteroatoms. The molecule has 2 aromatic rings. The SMILES string of the molecule is C[NH+]1CC[NH+]([C@H](CN=Cc2cc([N+](=O)[O-])ccc2[O-])c2cccs2)CC1. The van der Waals surface area contributed by atoms with Crippen molar-refractivity contribution in [3.05, 3.63) is 56.3 Å². The summed E-state index contributed by atoms with van der Waals surface area (Å²) in [6.45, 7) is 5.02. The summed E-state index contributed by atoms with van der Waals surface area (Å²) in [4.78, 5) is 19.2. The average molecular weight is 375 g/mol. The number of likely N-dealkylation sites (N-methyl/N-ethyl adjacent to an activating group) is 1. The molecule has 0 aliphatic carbocycles. The molecule has 138 valence electrons. The molecule has 0 bridgehead atoms. The number of hydrogen-bond donors (Lipinski definition) is 2. The minimum Gasteiger partial charge on any atom is -0.872 e. The van der Waals surface area contributed by atoms with Crippen LogP contribution in [0, 0.1) is 10.1 Å². The molecule has 1 fully saturated rings. The lowest BCUT2D eigenvalue weighted by molar-refractivity contribution is -1.02. The number of thiophene rings is 1. The standard InChI is InChI=1S/C18H22N4O3S/c1-20-6-8-21(9-7-20)16(18-3-2-10-26-18)13-19-12-14-11-15(22(24)25)4-5-17(14)23/h2-5,10-12,16,23H,6-9,13H2,1H3/p+1/t16-/m1/s1. The molecule has 7 nitrogen and oxygen atoms in total.